The molecule has 0 unspecified atom stereocenters. The van der Waals surface area contributed by atoms with E-state index in [0.717, 1.165) is 0 Å². The van der Waals surface area contributed by atoms with E-state index in [1.54, 1.807) is 0 Å². The molecule has 0 fully saturated rings. The quantitative estimate of drug-likeness (QED) is 0.763. The second kappa shape index (κ2) is 3.88. The molecular weight excluding hydrogens is 317 g/mol. The zero-order chi connectivity index (χ0) is 10.1. The molecule has 0 N–H and O–H groups in total. The van der Waals surface area contributed by atoms with Gasteiger partial charge in [-0.15, -0.1) is 13.2 Å². The minimum atomic E-state index is -4.67. The summed E-state index contributed by atoms with van der Waals surface area (Å²) < 4.78 is 39.7. The molecule has 1 radical (unpaired) electrons. The standard InChI is InChI=1S/C7H2Br2F3O/c8-4-1-5(9)3-6(2-4)13-7(10,11)12/h2-3H. The Kier molecular flexibility index (Phi) is 3.23. The van der Waals surface area contributed by atoms with Gasteiger partial charge < -0.3 is 4.74 Å². The Morgan fingerprint density at radius 3 is 2.00 bits per heavy atom. The van der Waals surface area contributed by atoms with Crippen LogP contribution in [0.1, 0.15) is 0 Å². The molecule has 0 spiro atoms. The lowest BCUT2D eigenvalue weighted by Gasteiger charge is -2.08. The Balaban J connectivity index is 2.90. The number of ether oxygens (including phenoxy) is 1. The molecule has 1 aromatic rings. The largest absolute Gasteiger partial charge is 0.573 e. The number of rotatable bonds is 1. The van der Waals surface area contributed by atoms with Crippen molar-refractivity contribution in [1.82, 2.24) is 0 Å². The lowest BCUT2D eigenvalue weighted by molar-refractivity contribution is -0.274. The predicted molar refractivity (Wildman–Crippen MR) is 47.4 cm³/mol. The first-order valence-electron chi connectivity index (χ1n) is 3.01. The Bertz CT molecular complexity index is 291. The van der Waals surface area contributed by atoms with E-state index in [4.69, 9.17) is 0 Å². The van der Waals surface area contributed by atoms with Gasteiger partial charge in [0.1, 0.15) is 5.75 Å². The summed E-state index contributed by atoms with van der Waals surface area (Å²) >= 11 is 5.98. The van der Waals surface area contributed by atoms with E-state index in [1.807, 2.05) is 0 Å². The van der Waals surface area contributed by atoms with Crippen LogP contribution in [0.5, 0.6) is 5.75 Å². The fraction of sp³-hybridized carbons (Fsp3) is 0.143. The molecule has 0 aliphatic heterocycles. The summed E-state index contributed by atoms with van der Waals surface area (Å²) in [5.41, 5.74) is 0. The zero-order valence-electron chi connectivity index (χ0n) is 5.95. The highest BCUT2D eigenvalue weighted by atomic mass is 79.9. The van der Waals surface area contributed by atoms with Gasteiger partial charge in [0.05, 0.1) is 0 Å². The van der Waals surface area contributed by atoms with Crippen LogP contribution in [0, 0.1) is 6.07 Å². The zero-order valence-corrected chi connectivity index (χ0v) is 9.12. The third-order valence-corrected chi connectivity index (χ3v) is 1.86. The van der Waals surface area contributed by atoms with Crippen molar-refractivity contribution in [3.05, 3.63) is 27.1 Å². The van der Waals surface area contributed by atoms with Gasteiger partial charge >= 0.3 is 6.36 Å². The van der Waals surface area contributed by atoms with Gasteiger partial charge in [-0.05, 0) is 44.0 Å². The maximum Gasteiger partial charge on any atom is 0.573 e. The van der Waals surface area contributed by atoms with E-state index in [1.165, 1.54) is 12.1 Å². The lowest BCUT2D eigenvalue weighted by Crippen LogP contribution is -2.17. The smallest absolute Gasteiger partial charge is 0.406 e. The van der Waals surface area contributed by atoms with E-state index < -0.39 is 6.36 Å². The molecule has 0 amide bonds. The maximum atomic E-state index is 11.7. The van der Waals surface area contributed by atoms with E-state index in [9.17, 15) is 13.2 Å². The molecule has 0 atom stereocenters. The fourth-order valence-corrected chi connectivity index (χ4v) is 1.81. The average Bonchev–Trinajstić information content (AvgIpc) is 1.78. The number of hydrogen-bond acceptors (Lipinski definition) is 1. The molecule has 0 aromatic heterocycles. The van der Waals surface area contributed by atoms with Crippen LogP contribution < -0.4 is 4.74 Å². The van der Waals surface area contributed by atoms with Crippen molar-refractivity contribution in [2.45, 2.75) is 6.36 Å². The van der Waals surface area contributed by atoms with Crippen molar-refractivity contribution in [2.75, 3.05) is 0 Å². The van der Waals surface area contributed by atoms with Crippen LogP contribution in [0.4, 0.5) is 13.2 Å². The molecule has 0 aliphatic carbocycles. The first kappa shape index (κ1) is 10.8. The molecule has 0 heterocycles. The molecule has 0 bridgehead atoms. The maximum absolute atomic E-state index is 11.7. The molecule has 13 heavy (non-hydrogen) atoms. The molecule has 1 rings (SSSR count). The fourth-order valence-electron chi connectivity index (χ4n) is 0.670. The van der Waals surface area contributed by atoms with E-state index in [2.05, 4.69) is 42.7 Å². The summed E-state index contributed by atoms with van der Waals surface area (Å²) in [5, 5.41) is 0. The second-order valence-corrected chi connectivity index (χ2v) is 3.77. The van der Waals surface area contributed by atoms with Gasteiger partial charge in [-0.3, -0.25) is 0 Å². The highest BCUT2D eigenvalue weighted by Crippen LogP contribution is 2.28. The van der Waals surface area contributed by atoms with Crippen molar-refractivity contribution >= 4 is 31.9 Å². The summed E-state index contributed by atoms with van der Waals surface area (Å²) in [6.45, 7) is 0. The average molecular weight is 319 g/mol. The third-order valence-electron chi connectivity index (χ3n) is 1.01. The third kappa shape index (κ3) is 3.99. The normalized spacial score (nSPS) is 11.5. The van der Waals surface area contributed by atoms with E-state index in [-0.39, 0.29) is 5.75 Å². The highest BCUT2D eigenvalue weighted by Gasteiger charge is 2.31. The summed E-state index contributed by atoms with van der Waals surface area (Å²) in [4.78, 5) is 0. The lowest BCUT2D eigenvalue weighted by atomic mass is 10.3. The van der Waals surface area contributed by atoms with Crippen molar-refractivity contribution in [2.24, 2.45) is 0 Å². The van der Waals surface area contributed by atoms with Crippen LogP contribution in [-0.2, 0) is 0 Å². The van der Waals surface area contributed by atoms with Crippen LogP contribution >= 0.6 is 31.9 Å². The van der Waals surface area contributed by atoms with Crippen molar-refractivity contribution in [3.8, 4) is 5.75 Å². The molecule has 6 heteroatoms. The van der Waals surface area contributed by atoms with Crippen LogP contribution in [-0.4, -0.2) is 6.36 Å². The molecule has 0 saturated heterocycles. The predicted octanol–water partition coefficient (Wildman–Crippen LogP) is 3.91. The highest BCUT2D eigenvalue weighted by molar-refractivity contribution is 9.11. The topological polar surface area (TPSA) is 9.23 Å². The molecule has 71 valence electrons. The van der Waals surface area contributed by atoms with Gasteiger partial charge in [0, 0.05) is 15.0 Å². The van der Waals surface area contributed by atoms with Gasteiger partial charge in [-0.25, -0.2) is 0 Å². The number of alkyl halides is 3. The minimum absolute atomic E-state index is 0.287. The van der Waals surface area contributed by atoms with Crippen molar-refractivity contribution in [3.63, 3.8) is 0 Å². The van der Waals surface area contributed by atoms with Gasteiger partial charge in [-0.1, -0.05) is 0 Å². The first-order chi connectivity index (χ1) is 5.87. The van der Waals surface area contributed by atoms with Crippen LogP contribution in [0.15, 0.2) is 21.1 Å². The Hall–Kier alpha value is -0.230. The van der Waals surface area contributed by atoms with Crippen LogP contribution in [0.2, 0.25) is 0 Å². The molecule has 1 aromatic carbocycles. The van der Waals surface area contributed by atoms with Gasteiger partial charge in [0.25, 0.3) is 0 Å². The SMILES string of the molecule is FC(F)(F)Oc1cc(Br)[c]c(Br)c1. The van der Waals surface area contributed by atoms with Crippen LogP contribution in [0.25, 0.3) is 0 Å². The van der Waals surface area contributed by atoms with Gasteiger partial charge in [-0.2, -0.15) is 0 Å². The summed E-state index contributed by atoms with van der Waals surface area (Å²) in [6, 6.07) is 5.04. The Morgan fingerprint density at radius 1 is 1.15 bits per heavy atom. The monoisotopic (exact) mass is 317 g/mol. The van der Waals surface area contributed by atoms with Crippen LogP contribution in [0.3, 0.4) is 0 Å². The second-order valence-electron chi connectivity index (χ2n) is 2.06. The number of halogens is 5. The van der Waals surface area contributed by atoms with E-state index >= 15 is 0 Å². The minimum Gasteiger partial charge on any atom is -0.406 e. The van der Waals surface area contributed by atoms with E-state index in [0.29, 0.717) is 8.95 Å². The van der Waals surface area contributed by atoms with Crippen molar-refractivity contribution in [1.29, 1.82) is 0 Å². The Labute approximate surface area is 89.1 Å². The Morgan fingerprint density at radius 2 is 1.62 bits per heavy atom. The summed E-state index contributed by atoms with van der Waals surface area (Å²) in [6.07, 6.45) is -4.67. The molecule has 0 saturated carbocycles. The van der Waals surface area contributed by atoms with Crippen molar-refractivity contribution < 1.29 is 17.9 Å². The summed E-state index contributed by atoms with van der Waals surface area (Å²) in [5.74, 6) is -0.287. The molecular formula is C7H2Br2F3O. The number of hydrogen-bond donors (Lipinski definition) is 0. The van der Waals surface area contributed by atoms with Gasteiger partial charge in [0.15, 0.2) is 0 Å². The first-order valence-corrected chi connectivity index (χ1v) is 4.59. The molecule has 1 nitrogen and oxygen atoms in total. The molecule has 0 aliphatic rings. The number of benzene rings is 1. The van der Waals surface area contributed by atoms with Gasteiger partial charge in [0.2, 0.25) is 0 Å². The summed E-state index contributed by atoms with van der Waals surface area (Å²) in [7, 11) is 0.